The predicted molar refractivity (Wildman–Crippen MR) is 87.1 cm³/mol. The van der Waals surface area contributed by atoms with E-state index in [0.717, 1.165) is 34.2 Å². The van der Waals surface area contributed by atoms with Crippen LogP contribution in [0.4, 0.5) is 0 Å². The topological polar surface area (TPSA) is 42.4 Å². The molecule has 0 saturated carbocycles. The second-order valence-electron chi connectivity index (χ2n) is 5.68. The first-order valence-electron chi connectivity index (χ1n) is 7.31. The number of hydrogen-bond acceptors (Lipinski definition) is 4. The van der Waals surface area contributed by atoms with Crippen LogP contribution in [0.3, 0.4) is 0 Å². The number of aliphatic hydroxyl groups is 1. The number of rotatable bonds is 6. The standard InChI is InChI=1S/C17H23NO2S/c1-5-13-7-6-8-14(11-13)20-10-9-15-18-12(2)16(21-15)17(3,4)19/h6-8,11,19H,5,9-10H2,1-4H3. The fourth-order valence-electron chi connectivity index (χ4n) is 2.24. The van der Waals surface area contributed by atoms with Gasteiger partial charge < -0.3 is 9.84 Å². The van der Waals surface area contributed by atoms with Gasteiger partial charge in [-0.3, -0.25) is 0 Å². The van der Waals surface area contributed by atoms with Crippen LogP contribution in [0, 0.1) is 6.92 Å². The molecule has 114 valence electrons. The maximum absolute atomic E-state index is 10.1. The van der Waals surface area contributed by atoms with Crippen LogP contribution >= 0.6 is 11.3 Å². The summed E-state index contributed by atoms with van der Waals surface area (Å²) in [7, 11) is 0. The van der Waals surface area contributed by atoms with Gasteiger partial charge in [-0.25, -0.2) is 4.98 Å². The monoisotopic (exact) mass is 305 g/mol. The molecule has 0 bridgehead atoms. The van der Waals surface area contributed by atoms with Gasteiger partial charge in [0.15, 0.2) is 0 Å². The van der Waals surface area contributed by atoms with Crippen LogP contribution in [-0.2, 0) is 18.4 Å². The molecule has 0 fully saturated rings. The lowest BCUT2D eigenvalue weighted by atomic mass is 10.1. The lowest BCUT2D eigenvalue weighted by Gasteiger charge is -2.15. The average Bonchev–Trinajstić information content (AvgIpc) is 2.80. The van der Waals surface area contributed by atoms with E-state index < -0.39 is 5.60 Å². The van der Waals surface area contributed by atoms with Crippen LogP contribution in [0.2, 0.25) is 0 Å². The number of nitrogens with zero attached hydrogens (tertiary/aromatic N) is 1. The highest BCUT2D eigenvalue weighted by atomic mass is 32.1. The van der Waals surface area contributed by atoms with Gasteiger partial charge in [-0.2, -0.15) is 0 Å². The zero-order chi connectivity index (χ0) is 15.5. The molecule has 0 aliphatic heterocycles. The third-order valence-electron chi connectivity index (χ3n) is 3.29. The van der Waals surface area contributed by atoms with Gasteiger partial charge in [-0.05, 0) is 44.9 Å². The minimum atomic E-state index is -0.823. The number of ether oxygens (including phenoxy) is 1. The van der Waals surface area contributed by atoms with Gasteiger partial charge in [0, 0.05) is 6.42 Å². The highest BCUT2D eigenvalue weighted by Gasteiger charge is 2.22. The number of aromatic nitrogens is 1. The molecule has 3 nitrogen and oxygen atoms in total. The predicted octanol–water partition coefficient (Wildman–Crippen LogP) is 3.86. The maximum Gasteiger partial charge on any atom is 0.119 e. The summed E-state index contributed by atoms with van der Waals surface area (Å²) < 4.78 is 5.79. The van der Waals surface area contributed by atoms with E-state index >= 15 is 0 Å². The second kappa shape index (κ2) is 6.58. The van der Waals surface area contributed by atoms with Crippen molar-refractivity contribution in [2.24, 2.45) is 0 Å². The van der Waals surface area contributed by atoms with Crippen molar-refractivity contribution in [2.45, 2.75) is 46.1 Å². The van der Waals surface area contributed by atoms with Crippen LogP contribution in [0.1, 0.15) is 41.9 Å². The van der Waals surface area contributed by atoms with Crippen molar-refractivity contribution in [3.8, 4) is 5.75 Å². The summed E-state index contributed by atoms with van der Waals surface area (Å²) in [6.45, 7) is 8.27. The third kappa shape index (κ3) is 4.29. The summed E-state index contributed by atoms with van der Waals surface area (Å²) in [5.74, 6) is 0.908. The van der Waals surface area contributed by atoms with Crippen LogP contribution in [0.25, 0.3) is 0 Å². The molecule has 1 heterocycles. The molecule has 2 aromatic rings. The van der Waals surface area contributed by atoms with Gasteiger partial charge in [-0.1, -0.05) is 19.1 Å². The quantitative estimate of drug-likeness (QED) is 0.881. The molecular formula is C17H23NO2S. The number of thiazole rings is 1. The van der Waals surface area contributed by atoms with Gasteiger partial charge in [-0.15, -0.1) is 11.3 Å². The molecule has 2 rings (SSSR count). The molecule has 0 unspecified atom stereocenters. The maximum atomic E-state index is 10.1. The van der Waals surface area contributed by atoms with Crippen molar-refractivity contribution >= 4 is 11.3 Å². The molecule has 0 spiro atoms. The van der Waals surface area contributed by atoms with Crippen molar-refractivity contribution in [1.82, 2.24) is 4.98 Å². The molecule has 0 aliphatic rings. The fraction of sp³-hybridized carbons (Fsp3) is 0.471. The minimum Gasteiger partial charge on any atom is -0.493 e. The van der Waals surface area contributed by atoms with E-state index in [1.807, 2.05) is 19.1 Å². The first kappa shape index (κ1) is 16.0. The second-order valence-corrected chi connectivity index (χ2v) is 6.76. The van der Waals surface area contributed by atoms with E-state index in [1.165, 1.54) is 5.56 Å². The van der Waals surface area contributed by atoms with Crippen LogP contribution in [-0.4, -0.2) is 16.7 Å². The molecule has 0 radical (unpaired) electrons. The Labute approximate surface area is 130 Å². The Bertz CT molecular complexity index is 599. The van der Waals surface area contributed by atoms with Crippen LogP contribution < -0.4 is 4.74 Å². The molecule has 1 N–H and O–H groups in total. The Morgan fingerprint density at radius 3 is 2.71 bits per heavy atom. The van der Waals surface area contributed by atoms with Crippen molar-refractivity contribution in [3.05, 3.63) is 45.4 Å². The van der Waals surface area contributed by atoms with E-state index in [9.17, 15) is 5.11 Å². The first-order valence-corrected chi connectivity index (χ1v) is 8.12. The molecule has 0 aliphatic carbocycles. The molecule has 0 amide bonds. The minimum absolute atomic E-state index is 0.603. The van der Waals surface area contributed by atoms with Crippen LogP contribution in [0.5, 0.6) is 5.75 Å². The number of benzene rings is 1. The third-order valence-corrected chi connectivity index (χ3v) is 4.82. The SMILES string of the molecule is CCc1cccc(OCCc2nc(C)c(C(C)(C)O)s2)c1. The van der Waals surface area contributed by atoms with E-state index in [4.69, 9.17) is 4.74 Å². The molecule has 1 aromatic carbocycles. The van der Waals surface area contributed by atoms with E-state index in [2.05, 4.69) is 24.0 Å². The summed E-state index contributed by atoms with van der Waals surface area (Å²) in [6.07, 6.45) is 1.77. The van der Waals surface area contributed by atoms with Gasteiger partial charge in [0.2, 0.25) is 0 Å². The van der Waals surface area contributed by atoms with Crippen molar-refractivity contribution in [1.29, 1.82) is 0 Å². The molecule has 4 heteroatoms. The van der Waals surface area contributed by atoms with Gasteiger partial charge >= 0.3 is 0 Å². The Hall–Kier alpha value is -1.39. The lowest BCUT2D eigenvalue weighted by Crippen LogP contribution is -2.14. The molecule has 21 heavy (non-hydrogen) atoms. The molecule has 0 atom stereocenters. The summed E-state index contributed by atoms with van der Waals surface area (Å²) in [5, 5.41) is 11.1. The van der Waals surface area contributed by atoms with Crippen LogP contribution in [0.15, 0.2) is 24.3 Å². The lowest BCUT2D eigenvalue weighted by molar-refractivity contribution is 0.0817. The highest BCUT2D eigenvalue weighted by molar-refractivity contribution is 7.11. The van der Waals surface area contributed by atoms with Crippen molar-refractivity contribution in [2.75, 3.05) is 6.61 Å². The Balaban J connectivity index is 1.94. The number of aryl methyl sites for hydroxylation is 2. The molecular weight excluding hydrogens is 282 g/mol. The Kier molecular flexibility index (Phi) is 5.01. The van der Waals surface area contributed by atoms with E-state index in [1.54, 1.807) is 25.2 Å². The van der Waals surface area contributed by atoms with Crippen molar-refractivity contribution < 1.29 is 9.84 Å². The zero-order valence-corrected chi connectivity index (χ0v) is 14.0. The molecule has 1 aromatic heterocycles. The van der Waals surface area contributed by atoms with Gasteiger partial charge in [0.25, 0.3) is 0 Å². The average molecular weight is 305 g/mol. The normalized spacial score (nSPS) is 11.7. The van der Waals surface area contributed by atoms with Gasteiger partial charge in [0.1, 0.15) is 5.75 Å². The Morgan fingerprint density at radius 1 is 1.33 bits per heavy atom. The van der Waals surface area contributed by atoms with Gasteiger partial charge in [0.05, 0.1) is 27.8 Å². The summed E-state index contributed by atoms with van der Waals surface area (Å²) >= 11 is 1.57. The number of hydrogen-bond donors (Lipinski definition) is 1. The van der Waals surface area contributed by atoms with E-state index in [0.29, 0.717) is 6.61 Å². The first-order chi connectivity index (χ1) is 9.90. The summed E-state index contributed by atoms with van der Waals surface area (Å²) in [6, 6.07) is 8.19. The van der Waals surface area contributed by atoms with E-state index in [-0.39, 0.29) is 0 Å². The highest BCUT2D eigenvalue weighted by Crippen LogP contribution is 2.29. The summed E-state index contributed by atoms with van der Waals surface area (Å²) in [4.78, 5) is 5.46. The Morgan fingerprint density at radius 2 is 2.10 bits per heavy atom. The van der Waals surface area contributed by atoms with Crippen molar-refractivity contribution in [3.63, 3.8) is 0 Å². The zero-order valence-electron chi connectivity index (χ0n) is 13.1. The largest absolute Gasteiger partial charge is 0.493 e. The molecule has 0 saturated heterocycles. The smallest absolute Gasteiger partial charge is 0.119 e. The fourth-order valence-corrected chi connectivity index (χ4v) is 3.28. The summed E-state index contributed by atoms with van der Waals surface area (Å²) in [5.41, 5.74) is 1.37.